The van der Waals surface area contributed by atoms with Crippen molar-refractivity contribution in [3.63, 3.8) is 0 Å². The molecule has 0 atom stereocenters. The fraction of sp³-hybridized carbons (Fsp3) is 0.400. The van der Waals surface area contributed by atoms with Crippen molar-refractivity contribution in [3.8, 4) is 0 Å². The topological polar surface area (TPSA) is 106 Å². The smallest absolute Gasteiger partial charge is 0.225 e. The Morgan fingerprint density at radius 2 is 1.57 bits per heavy atom. The van der Waals surface area contributed by atoms with E-state index in [4.69, 9.17) is 5.14 Å². The molecule has 120 valence electrons. The van der Waals surface area contributed by atoms with E-state index in [-0.39, 0.29) is 0 Å². The van der Waals surface area contributed by atoms with Crippen LogP contribution < -0.4 is 9.86 Å². The van der Waals surface area contributed by atoms with Gasteiger partial charge in [-0.05, 0) is 18.6 Å². The first-order valence-electron chi connectivity index (χ1n) is 5.62. The molecule has 0 saturated heterocycles. The average Bonchev–Trinajstić information content (AvgIpc) is 2.33. The van der Waals surface area contributed by atoms with Crippen LogP contribution in [-0.2, 0) is 20.0 Å². The van der Waals surface area contributed by atoms with Crippen LogP contribution in [-0.4, -0.2) is 29.6 Å². The molecule has 0 radical (unpaired) electrons. The molecule has 1 rings (SSSR count). The van der Waals surface area contributed by atoms with Gasteiger partial charge in [-0.1, -0.05) is 12.1 Å². The highest BCUT2D eigenvalue weighted by Crippen LogP contribution is 2.22. The van der Waals surface area contributed by atoms with Crippen molar-refractivity contribution < 1.29 is 30.0 Å². The predicted octanol–water partition coefficient (Wildman–Crippen LogP) is 0.955. The molecule has 0 aliphatic rings. The Morgan fingerprint density at radius 3 is 2.05 bits per heavy atom. The quantitative estimate of drug-likeness (QED) is 0.748. The van der Waals surface area contributed by atoms with E-state index in [1.807, 2.05) is 4.72 Å². The number of halogens is 3. The van der Waals surface area contributed by atoms with Crippen LogP contribution in [0.5, 0.6) is 0 Å². The first-order valence-corrected chi connectivity index (χ1v) is 8.65. The highest BCUT2D eigenvalue weighted by Gasteiger charge is 2.27. The summed E-state index contributed by atoms with van der Waals surface area (Å²) in [5, 5.41) is 4.90. The standard InChI is InChI=1S/C10H13F3N2O4S2/c11-10(12,13)6-3-7-15-21(18,19)9-5-2-1-4-8(9)20(14,16)17/h1-2,4-5,15H,3,6-7H2,(H2,14,16,17). The number of hydrogen-bond donors (Lipinski definition) is 2. The molecule has 1 aromatic rings. The number of benzene rings is 1. The molecule has 0 heterocycles. The van der Waals surface area contributed by atoms with Gasteiger partial charge in [0.15, 0.2) is 0 Å². The summed E-state index contributed by atoms with van der Waals surface area (Å²) in [5.74, 6) is 0. The van der Waals surface area contributed by atoms with E-state index in [0.29, 0.717) is 0 Å². The number of nitrogens with two attached hydrogens (primary N) is 1. The summed E-state index contributed by atoms with van der Waals surface area (Å²) < 4.78 is 84.2. The van der Waals surface area contributed by atoms with E-state index in [1.165, 1.54) is 12.1 Å². The maximum Gasteiger partial charge on any atom is 0.389 e. The van der Waals surface area contributed by atoms with Crippen molar-refractivity contribution in [1.82, 2.24) is 4.72 Å². The Bertz CT molecular complexity index is 699. The molecule has 0 aromatic heterocycles. The van der Waals surface area contributed by atoms with Crippen molar-refractivity contribution in [3.05, 3.63) is 24.3 Å². The zero-order valence-corrected chi connectivity index (χ0v) is 12.2. The molecule has 0 amide bonds. The Balaban J connectivity index is 2.90. The van der Waals surface area contributed by atoms with E-state index in [2.05, 4.69) is 0 Å². The number of alkyl halides is 3. The van der Waals surface area contributed by atoms with Gasteiger partial charge >= 0.3 is 6.18 Å². The number of hydrogen-bond acceptors (Lipinski definition) is 4. The second-order valence-corrected chi connectivity index (χ2v) is 7.37. The number of nitrogens with one attached hydrogen (secondary N) is 1. The Kier molecular flexibility index (Phi) is 5.36. The van der Waals surface area contributed by atoms with Crippen LogP contribution in [0.4, 0.5) is 13.2 Å². The van der Waals surface area contributed by atoms with Gasteiger partial charge < -0.3 is 0 Å². The zero-order chi connectivity index (χ0) is 16.3. The first kappa shape index (κ1) is 17.9. The first-order chi connectivity index (χ1) is 9.43. The Labute approximate surface area is 120 Å². The molecule has 0 aliphatic carbocycles. The summed E-state index contributed by atoms with van der Waals surface area (Å²) in [6.45, 7) is -0.471. The monoisotopic (exact) mass is 346 g/mol. The molecule has 11 heteroatoms. The molecule has 3 N–H and O–H groups in total. The van der Waals surface area contributed by atoms with Gasteiger partial charge in [-0.15, -0.1) is 0 Å². The Morgan fingerprint density at radius 1 is 1.05 bits per heavy atom. The largest absolute Gasteiger partial charge is 0.389 e. The summed E-state index contributed by atoms with van der Waals surface area (Å²) >= 11 is 0. The van der Waals surface area contributed by atoms with Crippen LogP contribution in [0.2, 0.25) is 0 Å². The summed E-state index contributed by atoms with van der Waals surface area (Å²) in [4.78, 5) is -1.21. The second-order valence-electron chi connectivity index (χ2n) is 4.11. The summed E-state index contributed by atoms with van der Waals surface area (Å²) in [7, 11) is -8.54. The van der Waals surface area contributed by atoms with Gasteiger partial charge in [0.25, 0.3) is 0 Å². The van der Waals surface area contributed by atoms with Crippen LogP contribution >= 0.6 is 0 Å². The lowest BCUT2D eigenvalue weighted by atomic mass is 10.3. The third-order valence-corrected chi connectivity index (χ3v) is 4.99. The van der Waals surface area contributed by atoms with Crippen molar-refractivity contribution in [2.75, 3.05) is 6.54 Å². The van der Waals surface area contributed by atoms with Crippen LogP contribution in [0.3, 0.4) is 0 Å². The van der Waals surface area contributed by atoms with Crippen LogP contribution in [0.1, 0.15) is 12.8 Å². The van der Waals surface area contributed by atoms with Gasteiger partial charge in [0, 0.05) is 13.0 Å². The molecule has 0 unspecified atom stereocenters. The van der Waals surface area contributed by atoms with Crippen molar-refractivity contribution in [2.45, 2.75) is 28.8 Å². The minimum atomic E-state index is -4.38. The average molecular weight is 346 g/mol. The lowest BCUT2D eigenvalue weighted by Crippen LogP contribution is -2.28. The van der Waals surface area contributed by atoms with Gasteiger partial charge in [-0.2, -0.15) is 13.2 Å². The van der Waals surface area contributed by atoms with E-state index < -0.39 is 55.4 Å². The molecule has 0 saturated carbocycles. The number of primary sulfonamides is 1. The van der Waals surface area contributed by atoms with Crippen LogP contribution in [0.15, 0.2) is 34.1 Å². The SMILES string of the molecule is NS(=O)(=O)c1ccccc1S(=O)(=O)NCCCC(F)(F)F. The van der Waals surface area contributed by atoms with Gasteiger partial charge in [0.1, 0.15) is 9.79 Å². The van der Waals surface area contributed by atoms with E-state index in [9.17, 15) is 30.0 Å². The molecule has 0 fully saturated rings. The van der Waals surface area contributed by atoms with Crippen molar-refractivity contribution >= 4 is 20.0 Å². The molecule has 0 bridgehead atoms. The zero-order valence-electron chi connectivity index (χ0n) is 10.6. The molecule has 6 nitrogen and oxygen atoms in total. The lowest BCUT2D eigenvalue weighted by Gasteiger charge is -2.10. The second kappa shape index (κ2) is 6.30. The third kappa shape index (κ3) is 5.61. The predicted molar refractivity (Wildman–Crippen MR) is 68.3 cm³/mol. The van der Waals surface area contributed by atoms with Crippen LogP contribution in [0.25, 0.3) is 0 Å². The lowest BCUT2D eigenvalue weighted by molar-refractivity contribution is -0.135. The minimum Gasteiger partial charge on any atom is -0.225 e. The van der Waals surface area contributed by atoms with E-state index >= 15 is 0 Å². The fourth-order valence-electron chi connectivity index (χ4n) is 1.48. The van der Waals surface area contributed by atoms with Crippen molar-refractivity contribution in [1.29, 1.82) is 0 Å². The van der Waals surface area contributed by atoms with Gasteiger partial charge in [-0.25, -0.2) is 26.7 Å². The molecule has 21 heavy (non-hydrogen) atoms. The highest BCUT2D eigenvalue weighted by molar-refractivity contribution is 7.92. The number of sulfonamides is 2. The van der Waals surface area contributed by atoms with Crippen molar-refractivity contribution in [2.24, 2.45) is 5.14 Å². The summed E-state index contributed by atoms with van der Waals surface area (Å²) in [6.07, 6.45) is -5.99. The highest BCUT2D eigenvalue weighted by atomic mass is 32.2. The third-order valence-electron chi connectivity index (χ3n) is 2.37. The van der Waals surface area contributed by atoms with Crippen LogP contribution in [0, 0.1) is 0 Å². The minimum absolute atomic E-state index is 0.458. The van der Waals surface area contributed by atoms with E-state index in [1.54, 1.807) is 0 Å². The summed E-state index contributed by atoms with van der Waals surface area (Å²) in [5.41, 5.74) is 0. The van der Waals surface area contributed by atoms with Gasteiger partial charge in [-0.3, -0.25) is 0 Å². The van der Waals surface area contributed by atoms with E-state index in [0.717, 1.165) is 12.1 Å². The molecular formula is C10H13F3N2O4S2. The fourth-order valence-corrected chi connectivity index (χ4v) is 3.93. The number of rotatable bonds is 6. The normalized spacial score (nSPS) is 13.3. The maximum atomic E-state index is 11.9. The Hall–Kier alpha value is -1.17. The van der Waals surface area contributed by atoms with Gasteiger partial charge in [0.05, 0.1) is 0 Å². The molecule has 1 aromatic carbocycles. The van der Waals surface area contributed by atoms with Gasteiger partial charge in [0.2, 0.25) is 20.0 Å². The molecule has 0 spiro atoms. The molecule has 0 aliphatic heterocycles. The maximum absolute atomic E-state index is 11.9. The summed E-state index contributed by atoms with van der Waals surface area (Å²) in [6, 6.07) is 4.56. The molecular weight excluding hydrogens is 333 g/mol.